The maximum Gasteiger partial charge on any atom is 0.338 e. The first kappa shape index (κ1) is 19.9. The van der Waals surface area contributed by atoms with Crippen LogP contribution in [0.4, 0.5) is 4.79 Å². The Bertz CT molecular complexity index is 912. The van der Waals surface area contributed by atoms with E-state index in [1.165, 1.54) is 4.90 Å². The van der Waals surface area contributed by atoms with Gasteiger partial charge in [0.05, 0.1) is 35.8 Å². The Morgan fingerprint density at radius 3 is 2.74 bits per heavy atom. The van der Waals surface area contributed by atoms with Crippen molar-refractivity contribution in [3.63, 3.8) is 0 Å². The summed E-state index contributed by atoms with van der Waals surface area (Å²) in [5, 5.41) is 2.85. The fourth-order valence-corrected chi connectivity index (χ4v) is 5.70. The van der Waals surface area contributed by atoms with E-state index >= 15 is 0 Å². The Hall–Kier alpha value is -1.87. The van der Waals surface area contributed by atoms with Crippen molar-refractivity contribution in [2.24, 2.45) is 0 Å². The number of nitrogens with zero attached hydrogens (tertiary/aromatic N) is 1. The van der Waals surface area contributed by atoms with Gasteiger partial charge in [-0.1, -0.05) is 28.1 Å². The molecule has 0 spiro atoms. The summed E-state index contributed by atoms with van der Waals surface area (Å²) in [5.74, 6) is -0.584. The number of ether oxygens (including phenoxy) is 1. The maximum absolute atomic E-state index is 12.8. The highest BCUT2D eigenvalue weighted by Crippen LogP contribution is 2.35. The van der Waals surface area contributed by atoms with E-state index in [1.807, 2.05) is 24.3 Å². The zero-order chi connectivity index (χ0) is 19.8. The van der Waals surface area contributed by atoms with Crippen LogP contribution in [0, 0.1) is 0 Å². The summed E-state index contributed by atoms with van der Waals surface area (Å²) in [7, 11) is -3.18. The van der Waals surface area contributed by atoms with Gasteiger partial charge in [0.2, 0.25) is 0 Å². The van der Waals surface area contributed by atoms with Crippen LogP contribution in [0.25, 0.3) is 0 Å². The molecule has 0 aliphatic carbocycles. The standard InChI is InChI=1S/C18H21BrN2O5S/c1-3-26-17(22)15-11(2)21(14-7-8-27(24,25)10-14)18(23)20-16(15)12-5-4-6-13(19)9-12/h4-6,9,14,16H,3,7-8,10H2,1-2H3,(H,20,23)/t14-,16+/m1/s1. The molecule has 9 heteroatoms. The quantitative estimate of drug-likeness (QED) is 0.702. The molecule has 0 bridgehead atoms. The summed E-state index contributed by atoms with van der Waals surface area (Å²) >= 11 is 3.40. The van der Waals surface area contributed by atoms with Gasteiger partial charge in [-0.05, 0) is 38.0 Å². The van der Waals surface area contributed by atoms with Crippen LogP contribution in [0.2, 0.25) is 0 Å². The first-order valence-corrected chi connectivity index (χ1v) is 11.3. The van der Waals surface area contributed by atoms with Gasteiger partial charge in [0.15, 0.2) is 9.84 Å². The van der Waals surface area contributed by atoms with Crippen LogP contribution in [-0.2, 0) is 19.4 Å². The molecule has 0 saturated carbocycles. The molecular weight excluding hydrogens is 436 g/mol. The van der Waals surface area contributed by atoms with Crippen LogP contribution in [-0.4, -0.2) is 49.5 Å². The number of urea groups is 1. The number of allylic oxidation sites excluding steroid dienone is 1. The number of hydrogen-bond donors (Lipinski definition) is 1. The molecule has 1 aromatic carbocycles. The molecule has 1 N–H and O–H groups in total. The summed E-state index contributed by atoms with van der Waals surface area (Å²) in [6, 6.07) is 5.76. The van der Waals surface area contributed by atoms with E-state index in [1.54, 1.807) is 13.8 Å². The number of carbonyl (C=O) groups excluding carboxylic acids is 2. The normalized spacial score (nSPS) is 24.7. The molecule has 2 aliphatic heterocycles. The van der Waals surface area contributed by atoms with Gasteiger partial charge in [-0.25, -0.2) is 18.0 Å². The molecule has 3 rings (SSSR count). The van der Waals surface area contributed by atoms with Crippen molar-refractivity contribution in [2.45, 2.75) is 32.4 Å². The lowest BCUT2D eigenvalue weighted by Crippen LogP contribution is -2.52. The number of halogens is 1. The average molecular weight is 457 g/mol. The first-order chi connectivity index (χ1) is 12.7. The molecule has 2 aliphatic rings. The molecule has 2 amide bonds. The molecule has 146 valence electrons. The van der Waals surface area contributed by atoms with Gasteiger partial charge in [0.1, 0.15) is 0 Å². The van der Waals surface area contributed by atoms with Crippen molar-refractivity contribution in [1.82, 2.24) is 10.2 Å². The van der Waals surface area contributed by atoms with Crippen LogP contribution in [0.5, 0.6) is 0 Å². The molecule has 0 aromatic heterocycles. The van der Waals surface area contributed by atoms with Crippen molar-refractivity contribution < 1.29 is 22.7 Å². The van der Waals surface area contributed by atoms with Gasteiger partial charge >= 0.3 is 12.0 Å². The fraction of sp³-hybridized carbons (Fsp3) is 0.444. The number of rotatable bonds is 4. The average Bonchev–Trinajstić information content (AvgIpc) is 2.94. The van der Waals surface area contributed by atoms with Crippen LogP contribution in [0.1, 0.15) is 31.9 Å². The van der Waals surface area contributed by atoms with Crippen LogP contribution >= 0.6 is 15.9 Å². The minimum Gasteiger partial charge on any atom is -0.463 e. The largest absolute Gasteiger partial charge is 0.463 e. The second-order valence-corrected chi connectivity index (χ2v) is 9.73. The number of esters is 1. The molecule has 2 heterocycles. The Labute approximate surface area is 166 Å². The lowest BCUT2D eigenvalue weighted by molar-refractivity contribution is -0.139. The third kappa shape index (κ3) is 4.03. The molecular formula is C18H21BrN2O5S. The molecule has 27 heavy (non-hydrogen) atoms. The summed E-state index contributed by atoms with van der Waals surface area (Å²) in [5.41, 5.74) is 1.49. The topological polar surface area (TPSA) is 92.8 Å². The number of carbonyl (C=O) groups is 2. The highest BCUT2D eigenvalue weighted by atomic mass is 79.9. The van der Waals surface area contributed by atoms with Crippen LogP contribution in [0.3, 0.4) is 0 Å². The second-order valence-electron chi connectivity index (χ2n) is 6.58. The van der Waals surface area contributed by atoms with Crippen LogP contribution in [0.15, 0.2) is 40.0 Å². The molecule has 7 nitrogen and oxygen atoms in total. The Morgan fingerprint density at radius 2 is 2.15 bits per heavy atom. The number of nitrogens with one attached hydrogen (secondary N) is 1. The third-order valence-corrected chi connectivity index (χ3v) is 7.02. The molecule has 0 unspecified atom stereocenters. The Balaban J connectivity index is 2.07. The van der Waals surface area contributed by atoms with E-state index in [2.05, 4.69) is 21.2 Å². The zero-order valence-corrected chi connectivity index (χ0v) is 17.5. The Morgan fingerprint density at radius 1 is 1.41 bits per heavy atom. The minimum atomic E-state index is -3.18. The highest BCUT2D eigenvalue weighted by molar-refractivity contribution is 9.10. The molecule has 0 radical (unpaired) electrons. The SMILES string of the molecule is CCOC(=O)C1=C(C)N([C@@H]2CCS(=O)(=O)C2)C(=O)N[C@H]1c1cccc(Br)c1. The molecule has 2 atom stereocenters. The van der Waals surface area contributed by atoms with E-state index in [4.69, 9.17) is 4.74 Å². The summed E-state index contributed by atoms with van der Waals surface area (Å²) in [4.78, 5) is 26.9. The number of hydrogen-bond acceptors (Lipinski definition) is 5. The maximum atomic E-state index is 12.8. The number of benzene rings is 1. The van der Waals surface area contributed by atoms with Crippen molar-refractivity contribution in [3.05, 3.63) is 45.6 Å². The van der Waals surface area contributed by atoms with Crippen molar-refractivity contribution in [3.8, 4) is 0 Å². The van der Waals surface area contributed by atoms with Crippen molar-refractivity contribution >= 4 is 37.8 Å². The minimum absolute atomic E-state index is 0.0402. The molecule has 1 fully saturated rings. The lowest BCUT2D eigenvalue weighted by Gasteiger charge is -2.38. The summed E-state index contributed by atoms with van der Waals surface area (Å²) in [6.45, 7) is 3.58. The summed E-state index contributed by atoms with van der Waals surface area (Å²) < 4.78 is 29.8. The van der Waals surface area contributed by atoms with Gasteiger partial charge in [-0.3, -0.25) is 4.90 Å². The zero-order valence-electron chi connectivity index (χ0n) is 15.1. The predicted molar refractivity (Wildman–Crippen MR) is 104 cm³/mol. The Kier molecular flexibility index (Phi) is 5.62. The summed E-state index contributed by atoms with van der Waals surface area (Å²) in [6.07, 6.45) is 0.352. The second kappa shape index (κ2) is 7.63. The lowest BCUT2D eigenvalue weighted by atomic mass is 9.94. The van der Waals surface area contributed by atoms with E-state index in [0.29, 0.717) is 17.7 Å². The van der Waals surface area contributed by atoms with Gasteiger partial charge < -0.3 is 10.1 Å². The molecule has 1 saturated heterocycles. The van der Waals surface area contributed by atoms with E-state index < -0.39 is 33.9 Å². The van der Waals surface area contributed by atoms with Gasteiger partial charge in [-0.15, -0.1) is 0 Å². The van der Waals surface area contributed by atoms with E-state index in [-0.39, 0.29) is 18.1 Å². The smallest absolute Gasteiger partial charge is 0.338 e. The highest BCUT2D eigenvalue weighted by Gasteiger charge is 2.42. The van der Waals surface area contributed by atoms with Crippen molar-refractivity contribution in [1.29, 1.82) is 0 Å². The van der Waals surface area contributed by atoms with Crippen LogP contribution < -0.4 is 5.32 Å². The predicted octanol–water partition coefficient (Wildman–Crippen LogP) is 2.54. The monoisotopic (exact) mass is 456 g/mol. The number of sulfone groups is 1. The van der Waals surface area contributed by atoms with Gasteiger partial charge in [0.25, 0.3) is 0 Å². The number of amides is 2. The van der Waals surface area contributed by atoms with Crippen molar-refractivity contribution in [2.75, 3.05) is 18.1 Å². The van der Waals surface area contributed by atoms with E-state index in [9.17, 15) is 18.0 Å². The van der Waals surface area contributed by atoms with Gasteiger partial charge in [-0.2, -0.15) is 0 Å². The third-order valence-electron chi connectivity index (χ3n) is 4.78. The fourth-order valence-electron chi connectivity index (χ4n) is 3.59. The van der Waals surface area contributed by atoms with Gasteiger partial charge in [0, 0.05) is 10.2 Å². The van der Waals surface area contributed by atoms with E-state index in [0.717, 1.165) is 10.0 Å². The molecule has 1 aromatic rings. The first-order valence-electron chi connectivity index (χ1n) is 8.67.